The van der Waals surface area contributed by atoms with Crippen LogP contribution >= 0.6 is 0 Å². The van der Waals surface area contributed by atoms with Gasteiger partial charge in [-0.05, 0) is 6.42 Å². The Morgan fingerprint density at radius 3 is 3.12 bits per heavy atom. The van der Waals surface area contributed by atoms with Gasteiger partial charge in [-0.15, -0.1) is 0 Å². The molecule has 1 saturated carbocycles. The van der Waals surface area contributed by atoms with Gasteiger partial charge in [0.1, 0.15) is 0 Å². The van der Waals surface area contributed by atoms with Gasteiger partial charge in [0.2, 0.25) is 11.7 Å². The maximum absolute atomic E-state index is 10.7. The number of carboxylic acid groups (broad SMARTS) is 1. The molecule has 0 saturated heterocycles. The van der Waals surface area contributed by atoms with Gasteiger partial charge < -0.3 is 9.63 Å². The highest BCUT2D eigenvalue weighted by atomic mass is 16.5. The third-order valence-electron chi connectivity index (χ3n) is 2.51. The van der Waals surface area contributed by atoms with Crippen LogP contribution in [-0.2, 0) is 4.79 Å². The molecule has 3 rings (SSSR count). The fraction of sp³-hybridized carbons (Fsp3) is 0.375. The normalized spacial score (nSPS) is 23.2. The standard InChI is InChI=1S/C8H7N5O3/c14-8(15)4-1-3(4)7-10-6(12-16-7)5-2-9-13-11-5/h2-4H,1H2,(H,14,15)(H,9,11,13). The van der Waals surface area contributed by atoms with Crippen LogP contribution in [0.4, 0.5) is 0 Å². The third kappa shape index (κ3) is 1.35. The Hall–Kier alpha value is -2.25. The lowest BCUT2D eigenvalue weighted by Crippen LogP contribution is -1.98. The molecule has 8 heteroatoms. The fourth-order valence-electron chi connectivity index (χ4n) is 1.54. The highest BCUT2D eigenvalue weighted by Crippen LogP contribution is 2.46. The summed E-state index contributed by atoms with van der Waals surface area (Å²) in [5.74, 6) is -0.715. The highest BCUT2D eigenvalue weighted by Gasteiger charge is 2.48. The Kier molecular flexibility index (Phi) is 1.76. The summed E-state index contributed by atoms with van der Waals surface area (Å²) in [5.41, 5.74) is 0.475. The predicted molar refractivity (Wildman–Crippen MR) is 48.2 cm³/mol. The van der Waals surface area contributed by atoms with E-state index in [1.165, 1.54) is 6.20 Å². The number of carboxylic acids is 1. The molecule has 1 fully saturated rings. The van der Waals surface area contributed by atoms with Crippen molar-refractivity contribution < 1.29 is 14.4 Å². The number of hydrogen-bond donors (Lipinski definition) is 2. The molecule has 2 aromatic heterocycles. The van der Waals surface area contributed by atoms with Gasteiger partial charge >= 0.3 is 5.97 Å². The van der Waals surface area contributed by atoms with Crippen molar-refractivity contribution in [3.8, 4) is 11.5 Å². The molecule has 82 valence electrons. The lowest BCUT2D eigenvalue weighted by atomic mass is 10.3. The molecule has 0 bridgehead atoms. The van der Waals surface area contributed by atoms with Gasteiger partial charge in [-0.3, -0.25) is 4.79 Å². The predicted octanol–water partition coefficient (Wildman–Crippen LogP) is 0.0428. The minimum absolute atomic E-state index is 0.161. The number of carbonyl (C=O) groups is 1. The number of aromatic amines is 1. The van der Waals surface area contributed by atoms with Crippen LogP contribution in [0.2, 0.25) is 0 Å². The van der Waals surface area contributed by atoms with Crippen LogP contribution in [0.1, 0.15) is 18.2 Å². The smallest absolute Gasteiger partial charge is 0.307 e. The largest absolute Gasteiger partial charge is 0.481 e. The monoisotopic (exact) mass is 221 g/mol. The van der Waals surface area contributed by atoms with E-state index in [4.69, 9.17) is 9.63 Å². The zero-order chi connectivity index (χ0) is 11.1. The fourth-order valence-corrected chi connectivity index (χ4v) is 1.54. The SMILES string of the molecule is O=C(O)C1CC1c1nc(-c2cn[nH]n2)no1. The van der Waals surface area contributed by atoms with Gasteiger partial charge in [-0.1, -0.05) is 5.16 Å². The van der Waals surface area contributed by atoms with E-state index >= 15 is 0 Å². The van der Waals surface area contributed by atoms with Gasteiger partial charge in [-0.25, -0.2) is 0 Å². The van der Waals surface area contributed by atoms with Crippen LogP contribution < -0.4 is 0 Å². The van der Waals surface area contributed by atoms with E-state index in [1.54, 1.807) is 0 Å². The first-order chi connectivity index (χ1) is 7.75. The van der Waals surface area contributed by atoms with E-state index in [-0.39, 0.29) is 5.92 Å². The van der Waals surface area contributed by atoms with Crippen LogP contribution in [0.5, 0.6) is 0 Å². The summed E-state index contributed by atoms with van der Waals surface area (Å²) in [5, 5.41) is 22.3. The maximum atomic E-state index is 10.7. The quantitative estimate of drug-likeness (QED) is 0.751. The van der Waals surface area contributed by atoms with Crippen molar-refractivity contribution in [2.24, 2.45) is 5.92 Å². The maximum Gasteiger partial charge on any atom is 0.307 e. The molecule has 2 heterocycles. The number of H-pyrrole nitrogens is 1. The number of aliphatic carboxylic acids is 1. The van der Waals surface area contributed by atoms with Gasteiger partial charge in [0.05, 0.1) is 18.0 Å². The minimum atomic E-state index is -0.828. The number of nitrogens with one attached hydrogen (secondary N) is 1. The molecule has 0 aromatic carbocycles. The summed E-state index contributed by atoms with van der Waals surface area (Å²) in [6.45, 7) is 0. The third-order valence-corrected chi connectivity index (χ3v) is 2.51. The van der Waals surface area contributed by atoms with Crippen molar-refractivity contribution in [1.29, 1.82) is 0 Å². The molecule has 0 aliphatic heterocycles. The number of hydrogen-bond acceptors (Lipinski definition) is 6. The molecule has 1 aliphatic carbocycles. The van der Waals surface area contributed by atoms with Crippen molar-refractivity contribution in [3.05, 3.63) is 12.1 Å². The van der Waals surface area contributed by atoms with Crippen LogP contribution in [0.3, 0.4) is 0 Å². The van der Waals surface area contributed by atoms with E-state index in [0.717, 1.165) is 0 Å². The molecule has 0 spiro atoms. The van der Waals surface area contributed by atoms with Gasteiger partial charge in [0.15, 0.2) is 5.69 Å². The number of rotatable bonds is 3. The van der Waals surface area contributed by atoms with Crippen LogP contribution in [0.15, 0.2) is 10.7 Å². The lowest BCUT2D eigenvalue weighted by Gasteiger charge is -1.86. The molecule has 2 aromatic rings. The Balaban J connectivity index is 1.82. The van der Waals surface area contributed by atoms with E-state index in [1.807, 2.05) is 0 Å². The molecular weight excluding hydrogens is 214 g/mol. The van der Waals surface area contributed by atoms with E-state index < -0.39 is 11.9 Å². The number of nitrogens with zero attached hydrogens (tertiary/aromatic N) is 4. The average molecular weight is 221 g/mol. The van der Waals surface area contributed by atoms with Gasteiger partial charge in [-0.2, -0.15) is 20.4 Å². The van der Waals surface area contributed by atoms with Crippen LogP contribution in [0.25, 0.3) is 11.5 Å². The van der Waals surface area contributed by atoms with Gasteiger partial charge in [0, 0.05) is 0 Å². The lowest BCUT2D eigenvalue weighted by molar-refractivity contribution is -0.138. The van der Waals surface area contributed by atoms with E-state index in [2.05, 4.69) is 25.6 Å². The molecular formula is C8H7N5O3. The Bertz CT molecular complexity index is 520. The molecule has 2 unspecified atom stereocenters. The Morgan fingerprint density at radius 1 is 1.62 bits per heavy atom. The first-order valence-electron chi connectivity index (χ1n) is 4.68. The molecule has 0 radical (unpaired) electrons. The van der Waals surface area contributed by atoms with Gasteiger partial charge in [0.25, 0.3) is 0 Å². The summed E-state index contributed by atoms with van der Waals surface area (Å²) in [6.07, 6.45) is 2.02. The average Bonchev–Trinajstić information content (AvgIpc) is 2.72. The van der Waals surface area contributed by atoms with Crippen molar-refractivity contribution in [1.82, 2.24) is 25.6 Å². The number of aromatic nitrogens is 5. The van der Waals surface area contributed by atoms with Crippen molar-refractivity contribution in [2.75, 3.05) is 0 Å². The minimum Gasteiger partial charge on any atom is -0.481 e. The molecule has 8 nitrogen and oxygen atoms in total. The topological polar surface area (TPSA) is 118 Å². The van der Waals surface area contributed by atoms with E-state index in [9.17, 15) is 4.79 Å². The Morgan fingerprint density at radius 2 is 2.50 bits per heavy atom. The first kappa shape index (κ1) is 9.01. The summed E-state index contributed by atoms with van der Waals surface area (Å²) in [4.78, 5) is 14.7. The Labute approximate surface area is 88.7 Å². The van der Waals surface area contributed by atoms with Crippen molar-refractivity contribution in [2.45, 2.75) is 12.3 Å². The zero-order valence-electron chi connectivity index (χ0n) is 7.99. The van der Waals surface area contributed by atoms with Crippen molar-refractivity contribution in [3.63, 3.8) is 0 Å². The molecule has 2 N–H and O–H groups in total. The van der Waals surface area contributed by atoms with E-state index in [0.29, 0.717) is 23.8 Å². The summed E-state index contributed by atoms with van der Waals surface area (Å²) in [7, 11) is 0. The highest BCUT2D eigenvalue weighted by molar-refractivity contribution is 5.74. The second kappa shape index (κ2) is 3.12. The first-order valence-corrected chi connectivity index (χ1v) is 4.68. The zero-order valence-corrected chi connectivity index (χ0v) is 7.99. The summed E-state index contributed by atoms with van der Waals surface area (Å²) < 4.78 is 4.99. The van der Waals surface area contributed by atoms with Crippen LogP contribution in [-0.4, -0.2) is 36.6 Å². The van der Waals surface area contributed by atoms with Crippen LogP contribution in [0, 0.1) is 5.92 Å². The second-order valence-electron chi connectivity index (χ2n) is 3.60. The second-order valence-corrected chi connectivity index (χ2v) is 3.60. The molecule has 16 heavy (non-hydrogen) atoms. The molecule has 2 atom stereocenters. The summed E-state index contributed by atoms with van der Waals surface area (Å²) >= 11 is 0. The van der Waals surface area contributed by atoms with Crippen molar-refractivity contribution >= 4 is 5.97 Å². The molecule has 0 amide bonds. The summed E-state index contributed by atoms with van der Waals surface area (Å²) in [6, 6.07) is 0. The molecule has 1 aliphatic rings.